The number of hydrogen-bond acceptors (Lipinski definition) is 1. The summed E-state index contributed by atoms with van der Waals surface area (Å²) in [5.41, 5.74) is 7.25. The molecule has 0 heterocycles. The average molecular weight is 322 g/mol. The van der Waals surface area contributed by atoms with E-state index in [0.717, 1.165) is 12.3 Å². The van der Waals surface area contributed by atoms with Gasteiger partial charge in [-0.25, -0.2) is 0 Å². The molecule has 0 aliphatic carbocycles. The first-order chi connectivity index (χ1) is 10.9. The van der Waals surface area contributed by atoms with Gasteiger partial charge in [0.2, 0.25) is 5.91 Å². The summed E-state index contributed by atoms with van der Waals surface area (Å²) in [6.07, 6.45) is 9.58. The maximum atomic E-state index is 9.22. The summed E-state index contributed by atoms with van der Waals surface area (Å²) < 4.78 is 0. The average Bonchev–Trinajstić information content (AvgIpc) is 2.51. The molecule has 0 unspecified atom stereocenters. The molecule has 23 heavy (non-hydrogen) atoms. The van der Waals surface area contributed by atoms with Crippen LogP contribution in [0.5, 0.6) is 0 Å². The van der Waals surface area contributed by atoms with E-state index in [2.05, 4.69) is 64.6 Å². The Labute approximate surface area is 144 Å². The van der Waals surface area contributed by atoms with Crippen LogP contribution in [-0.2, 0) is 11.2 Å². The molecule has 2 heteroatoms. The number of primary amides is 1. The zero-order chi connectivity index (χ0) is 18.1. The van der Waals surface area contributed by atoms with Gasteiger partial charge in [0, 0.05) is 6.92 Å². The number of rotatable bonds is 7. The maximum Gasteiger partial charge on any atom is 0.214 e. The molecular formula is C21H39NO. The Bertz CT molecular complexity index is 375. The third-order valence-electron chi connectivity index (χ3n) is 3.59. The van der Waals surface area contributed by atoms with E-state index < -0.39 is 0 Å². The minimum Gasteiger partial charge on any atom is -0.370 e. The van der Waals surface area contributed by atoms with Crippen molar-refractivity contribution >= 4 is 5.91 Å². The Balaban J connectivity index is 0. The van der Waals surface area contributed by atoms with Gasteiger partial charge in [0.25, 0.3) is 0 Å². The lowest BCUT2D eigenvalue weighted by atomic mass is 9.98. The molecule has 2 nitrogen and oxygen atoms in total. The highest BCUT2D eigenvalue weighted by molar-refractivity contribution is 5.70. The Morgan fingerprint density at radius 1 is 1.09 bits per heavy atom. The van der Waals surface area contributed by atoms with Gasteiger partial charge in [-0.2, -0.15) is 0 Å². The number of hydrogen-bond donors (Lipinski definition) is 1. The van der Waals surface area contributed by atoms with Crippen molar-refractivity contribution in [2.45, 2.75) is 86.5 Å². The van der Waals surface area contributed by atoms with E-state index in [0.29, 0.717) is 0 Å². The highest BCUT2D eigenvalue weighted by Gasteiger charge is 1.98. The van der Waals surface area contributed by atoms with Crippen LogP contribution in [0.1, 0.15) is 84.3 Å². The van der Waals surface area contributed by atoms with Crippen molar-refractivity contribution < 1.29 is 4.79 Å². The second-order valence-corrected chi connectivity index (χ2v) is 6.34. The molecular weight excluding hydrogens is 282 g/mol. The summed E-state index contributed by atoms with van der Waals surface area (Å²) in [7, 11) is 0. The lowest BCUT2D eigenvalue weighted by Gasteiger charge is -2.08. The molecule has 0 radical (unpaired) electrons. The van der Waals surface area contributed by atoms with E-state index in [-0.39, 0.29) is 5.91 Å². The normalized spacial score (nSPS) is 9.52. The molecule has 0 aromatic heterocycles. The van der Waals surface area contributed by atoms with Crippen LogP contribution in [0.4, 0.5) is 0 Å². The molecule has 1 aromatic rings. The molecule has 0 saturated heterocycles. The van der Waals surface area contributed by atoms with Gasteiger partial charge >= 0.3 is 0 Å². The molecule has 2 N–H and O–H groups in total. The number of aryl methyl sites for hydroxylation is 2. The van der Waals surface area contributed by atoms with Gasteiger partial charge in [-0.1, -0.05) is 96.0 Å². The van der Waals surface area contributed by atoms with Crippen molar-refractivity contribution in [1.82, 2.24) is 0 Å². The molecule has 1 amide bonds. The van der Waals surface area contributed by atoms with E-state index in [1.807, 2.05) is 0 Å². The first-order valence-corrected chi connectivity index (χ1v) is 9.18. The van der Waals surface area contributed by atoms with Crippen LogP contribution in [0.25, 0.3) is 0 Å². The van der Waals surface area contributed by atoms with Gasteiger partial charge in [0.1, 0.15) is 0 Å². The van der Waals surface area contributed by atoms with Crippen molar-refractivity contribution in [2.75, 3.05) is 0 Å². The number of carbonyl (C=O) groups is 1. The predicted molar refractivity (Wildman–Crippen MR) is 104 cm³/mol. The molecule has 0 aliphatic heterocycles. The largest absolute Gasteiger partial charge is 0.370 e. The monoisotopic (exact) mass is 321 g/mol. The van der Waals surface area contributed by atoms with Crippen LogP contribution in [0.15, 0.2) is 24.3 Å². The molecule has 0 atom stereocenters. The van der Waals surface area contributed by atoms with Gasteiger partial charge in [-0.3, -0.25) is 4.79 Å². The van der Waals surface area contributed by atoms with Crippen LogP contribution in [-0.4, -0.2) is 5.91 Å². The zero-order valence-corrected chi connectivity index (χ0v) is 16.3. The Morgan fingerprint density at radius 3 is 1.87 bits per heavy atom. The fourth-order valence-corrected chi connectivity index (χ4v) is 2.18. The van der Waals surface area contributed by atoms with Crippen LogP contribution in [0.3, 0.4) is 0 Å². The standard InChI is InChI=1S/C10H22.C9H12.C2H5NO/c1-4-6-8-10(3)9-7-5-2;1-3-9-6-4-5-8(2)7-9;1-2(3)4/h10H,4-9H2,1-3H3;4-7H,3H2,1-2H3;1H3,(H2,3,4). The highest BCUT2D eigenvalue weighted by Crippen LogP contribution is 2.14. The number of nitrogens with two attached hydrogens (primary N) is 1. The quantitative estimate of drug-likeness (QED) is 0.652. The van der Waals surface area contributed by atoms with Gasteiger partial charge in [-0.05, 0) is 24.8 Å². The van der Waals surface area contributed by atoms with Crippen LogP contribution in [0, 0.1) is 12.8 Å². The van der Waals surface area contributed by atoms with Crippen molar-refractivity contribution in [2.24, 2.45) is 11.7 Å². The molecule has 1 aromatic carbocycles. The summed E-state index contributed by atoms with van der Waals surface area (Å²) in [5.74, 6) is 0.639. The summed E-state index contributed by atoms with van der Waals surface area (Å²) in [4.78, 5) is 9.22. The van der Waals surface area contributed by atoms with E-state index in [4.69, 9.17) is 0 Å². The van der Waals surface area contributed by atoms with Crippen molar-refractivity contribution in [1.29, 1.82) is 0 Å². The molecule has 0 aliphatic rings. The smallest absolute Gasteiger partial charge is 0.214 e. The van der Waals surface area contributed by atoms with Crippen molar-refractivity contribution in [3.63, 3.8) is 0 Å². The third kappa shape index (κ3) is 20.7. The topological polar surface area (TPSA) is 43.1 Å². The fourth-order valence-electron chi connectivity index (χ4n) is 2.18. The maximum absolute atomic E-state index is 9.22. The van der Waals surface area contributed by atoms with Gasteiger partial charge in [0.05, 0.1) is 0 Å². The van der Waals surface area contributed by atoms with E-state index in [1.54, 1.807) is 0 Å². The second-order valence-electron chi connectivity index (χ2n) is 6.34. The van der Waals surface area contributed by atoms with Crippen molar-refractivity contribution in [3.05, 3.63) is 35.4 Å². The lowest BCUT2D eigenvalue weighted by Crippen LogP contribution is -2.01. The minimum atomic E-state index is -0.333. The molecule has 134 valence electrons. The predicted octanol–water partition coefficient (Wildman–Crippen LogP) is 6.05. The van der Waals surface area contributed by atoms with E-state index in [1.165, 1.54) is 56.6 Å². The summed E-state index contributed by atoms with van der Waals surface area (Å²) in [6, 6.07) is 8.61. The fraction of sp³-hybridized carbons (Fsp3) is 0.667. The van der Waals surface area contributed by atoms with Crippen LogP contribution < -0.4 is 5.73 Å². The number of carbonyl (C=O) groups excluding carboxylic acids is 1. The van der Waals surface area contributed by atoms with E-state index in [9.17, 15) is 4.79 Å². The lowest BCUT2D eigenvalue weighted by molar-refractivity contribution is -0.115. The second kappa shape index (κ2) is 17.1. The van der Waals surface area contributed by atoms with Gasteiger partial charge in [-0.15, -0.1) is 0 Å². The molecule has 0 bridgehead atoms. The first kappa shape index (κ1) is 23.9. The van der Waals surface area contributed by atoms with Gasteiger partial charge < -0.3 is 5.73 Å². The summed E-state index contributed by atoms with van der Waals surface area (Å²) >= 11 is 0. The van der Waals surface area contributed by atoms with Crippen LogP contribution in [0.2, 0.25) is 0 Å². The number of unbranched alkanes of at least 4 members (excludes halogenated alkanes) is 2. The molecule has 0 fully saturated rings. The molecule has 1 rings (SSSR count). The summed E-state index contributed by atoms with van der Waals surface area (Å²) in [5, 5.41) is 0. The minimum absolute atomic E-state index is 0.333. The van der Waals surface area contributed by atoms with Crippen molar-refractivity contribution in [3.8, 4) is 0 Å². The Kier molecular flexibility index (Phi) is 17.8. The highest BCUT2D eigenvalue weighted by atomic mass is 16.1. The molecule has 0 saturated carbocycles. The third-order valence-corrected chi connectivity index (χ3v) is 3.59. The van der Waals surface area contributed by atoms with E-state index >= 15 is 0 Å². The SMILES string of the molecule is CC(N)=O.CCCCC(C)CCCC.CCc1cccc(C)c1. The van der Waals surface area contributed by atoms with Crippen LogP contribution >= 0.6 is 0 Å². The first-order valence-electron chi connectivity index (χ1n) is 9.18. The number of amides is 1. The van der Waals surface area contributed by atoms with Gasteiger partial charge in [0.15, 0.2) is 0 Å². The Morgan fingerprint density at radius 2 is 1.57 bits per heavy atom. The zero-order valence-electron chi connectivity index (χ0n) is 16.3. The summed E-state index contributed by atoms with van der Waals surface area (Å²) in [6.45, 7) is 12.5. The Hall–Kier alpha value is -1.31. The molecule has 0 spiro atoms. The number of benzene rings is 1.